The highest BCUT2D eigenvalue weighted by atomic mass is 16.5. The molecule has 1 aliphatic rings. The van der Waals surface area contributed by atoms with Gasteiger partial charge in [0.05, 0.1) is 12.2 Å². The van der Waals surface area contributed by atoms with Crippen LogP contribution in [-0.2, 0) is 0 Å². The van der Waals surface area contributed by atoms with Crippen LogP contribution in [0.2, 0.25) is 0 Å². The highest BCUT2D eigenvalue weighted by molar-refractivity contribution is 5.18. The fourth-order valence-electron chi connectivity index (χ4n) is 2.07. The minimum absolute atomic E-state index is 0.0976. The predicted octanol–water partition coefficient (Wildman–Crippen LogP) is 1.91. The lowest BCUT2D eigenvalue weighted by atomic mass is 9.94. The van der Waals surface area contributed by atoms with Gasteiger partial charge in [0.25, 0.3) is 0 Å². The Morgan fingerprint density at radius 1 is 1.17 bits per heavy atom. The molecule has 1 aliphatic carbocycles. The first-order chi connectivity index (χ1) is 8.63. The molecule has 0 unspecified atom stereocenters. The van der Waals surface area contributed by atoms with E-state index in [1.165, 1.54) is 6.33 Å². The van der Waals surface area contributed by atoms with Crippen LogP contribution in [0.3, 0.4) is 0 Å². The maximum Gasteiger partial charge on any atom is 0.220 e. The number of rotatable bonds is 4. The van der Waals surface area contributed by atoms with Crippen LogP contribution in [0.4, 0.5) is 0 Å². The molecule has 5 nitrogen and oxygen atoms in total. The molecule has 1 saturated carbocycles. The molecule has 1 aromatic heterocycles. The Hall–Kier alpha value is -1.36. The first-order valence-corrected chi connectivity index (χ1v) is 6.54. The predicted molar refractivity (Wildman–Crippen MR) is 68.7 cm³/mol. The Bertz CT molecular complexity index is 376. The van der Waals surface area contributed by atoms with Crippen molar-refractivity contribution in [2.24, 2.45) is 5.73 Å². The van der Waals surface area contributed by atoms with E-state index in [-0.39, 0.29) is 12.2 Å². The molecule has 100 valence electrons. The van der Waals surface area contributed by atoms with Gasteiger partial charge in [0.15, 0.2) is 0 Å². The highest BCUT2D eigenvalue weighted by Crippen LogP contribution is 2.23. The topological polar surface area (TPSA) is 70.3 Å². The maximum atomic E-state index is 5.87. The Morgan fingerprint density at radius 2 is 1.83 bits per heavy atom. The van der Waals surface area contributed by atoms with Gasteiger partial charge in [-0.2, -0.15) is 0 Å². The zero-order valence-electron chi connectivity index (χ0n) is 11.0. The van der Waals surface area contributed by atoms with Crippen molar-refractivity contribution in [3.63, 3.8) is 0 Å². The van der Waals surface area contributed by atoms with Gasteiger partial charge < -0.3 is 15.2 Å². The van der Waals surface area contributed by atoms with Gasteiger partial charge in [-0.3, -0.25) is 0 Å². The summed E-state index contributed by atoms with van der Waals surface area (Å²) >= 11 is 0. The fourth-order valence-corrected chi connectivity index (χ4v) is 2.07. The third-order valence-corrected chi connectivity index (χ3v) is 2.98. The van der Waals surface area contributed by atoms with Crippen molar-refractivity contribution in [1.82, 2.24) is 9.97 Å². The lowest BCUT2D eigenvalue weighted by Gasteiger charge is -2.26. The molecule has 1 fully saturated rings. The molecular weight excluding hydrogens is 230 g/mol. The van der Waals surface area contributed by atoms with Gasteiger partial charge in [0.2, 0.25) is 11.8 Å². The van der Waals surface area contributed by atoms with Crippen LogP contribution < -0.4 is 15.2 Å². The molecule has 0 spiro atoms. The van der Waals surface area contributed by atoms with Gasteiger partial charge in [-0.1, -0.05) is 0 Å². The minimum Gasteiger partial charge on any atom is -0.475 e. The Morgan fingerprint density at radius 3 is 2.50 bits per heavy atom. The van der Waals surface area contributed by atoms with E-state index in [4.69, 9.17) is 15.2 Å². The quantitative estimate of drug-likeness (QED) is 0.885. The molecule has 2 rings (SSSR count). The smallest absolute Gasteiger partial charge is 0.220 e. The van der Waals surface area contributed by atoms with Gasteiger partial charge in [0, 0.05) is 6.04 Å². The zero-order valence-corrected chi connectivity index (χ0v) is 11.0. The third-order valence-electron chi connectivity index (χ3n) is 2.98. The van der Waals surface area contributed by atoms with E-state index in [1.54, 1.807) is 6.07 Å². The van der Waals surface area contributed by atoms with E-state index >= 15 is 0 Å². The summed E-state index contributed by atoms with van der Waals surface area (Å²) in [6, 6.07) is 2.07. The second-order valence-corrected chi connectivity index (χ2v) is 5.02. The van der Waals surface area contributed by atoms with Gasteiger partial charge in [-0.25, -0.2) is 9.97 Å². The molecule has 0 bridgehead atoms. The van der Waals surface area contributed by atoms with Crippen LogP contribution in [-0.4, -0.2) is 28.2 Å². The van der Waals surface area contributed by atoms with Crippen LogP contribution in [0.25, 0.3) is 0 Å². The summed E-state index contributed by atoms with van der Waals surface area (Å²) in [7, 11) is 0. The van der Waals surface area contributed by atoms with E-state index in [2.05, 4.69) is 9.97 Å². The summed E-state index contributed by atoms with van der Waals surface area (Å²) in [6.07, 6.45) is 5.81. The van der Waals surface area contributed by atoms with Crippen LogP contribution in [0.15, 0.2) is 12.4 Å². The van der Waals surface area contributed by atoms with Crippen molar-refractivity contribution in [3.8, 4) is 11.8 Å². The summed E-state index contributed by atoms with van der Waals surface area (Å²) in [6.45, 7) is 3.93. The summed E-state index contributed by atoms with van der Waals surface area (Å²) in [5, 5.41) is 0. The second-order valence-electron chi connectivity index (χ2n) is 5.02. The Labute approximate surface area is 108 Å². The average Bonchev–Trinajstić information content (AvgIpc) is 2.32. The van der Waals surface area contributed by atoms with E-state index in [9.17, 15) is 0 Å². The molecule has 0 aromatic carbocycles. The molecule has 0 amide bonds. The number of ether oxygens (including phenoxy) is 2. The molecule has 5 heteroatoms. The molecule has 0 atom stereocenters. The SMILES string of the molecule is CC(C)Oc1cc(OC2CCC(N)CC2)ncn1. The normalized spacial score (nSPS) is 24.0. The van der Waals surface area contributed by atoms with E-state index < -0.39 is 0 Å². The highest BCUT2D eigenvalue weighted by Gasteiger charge is 2.20. The molecule has 1 aromatic rings. The van der Waals surface area contributed by atoms with Crippen molar-refractivity contribution in [3.05, 3.63) is 12.4 Å². The first kappa shape index (κ1) is 13.1. The van der Waals surface area contributed by atoms with Crippen molar-refractivity contribution >= 4 is 0 Å². The fraction of sp³-hybridized carbons (Fsp3) is 0.692. The third kappa shape index (κ3) is 3.84. The molecule has 1 heterocycles. The first-order valence-electron chi connectivity index (χ1n) is 6.54. The molecule has 0 saturated heterocycles. The number of nitrogens with two attached hydrogens (primary N) is 1. The number of nitrogens with zero attached hydrogens (tertiary/aromatic N) is 2. The number of hydrogen-bond donors (Lipinski definition) is 1. The largest absolute Gasteiger partial charge is 0.475 e. The van der Waals surface area contributed by atoms with Crippen molar-refractivity contribution in [2.75, 3.05) is 0 Å². The number of aromatic nitrogens is 2. The molecule has 0 aliphatic heterocycles. The van der Waals surface area contributed by atoms with Gasteiger partial charge in [0.1, 0.15) is 12.4 Å². The van der Waals surface area contributed by atoms with Gasteiger partial charge >= 0.3 is 0 Å². The zero-order chi connectivity index (χ0) is 13.0. The van der Waals surface area contributed by atoms with Crippen molar-refractivity contribution in [2.45, 2.75) is 57.8 Å². The summed E-state index contributed by atoms with van der Waals surface area (Å²) < 4.78 is 11.3. The molecule has 0 radical (unpaired) electrons. The molecule has 18 heavy (non-hydrogen) atoms. The maximum absolute atomic E-state index is 5.87. The summed E-state index contributed by atoms with van der Waals surface area (Å²) in [4.78, 5) is 8.17. The summed E-state index contributed by atoms with van der Waals surface area (Å²) in [5.41, 5.74) is 5.87. The van der Waals surface area contributed by atoms with Crippen LogP contribution >= 0.6 is 0 Å². The number of hydrogen-bond acceptors (Lipinski definition) is 5. The Balaban J connectivity index is 1.92. The van der Waals surface area contributed by atoms with Crippen molar-refractivity contribution in [1.29, 1.82) is 0 Å². The minimum atomic E-state index is 0.0976. The lowest BCUT2D eigenvalue weighted by Crippen LogP contribution is -2.31. The van der Waals surface area contributed by atoms with Gasteiger partial charge in [-0.05, 0) is 39.5 Å². The van der Waals surface area contributed by atoms with E-state index in [0.717, 1.165) is 25.7 Å². The Kier molecular flexibility index (Phi) is 4.36. The van der Waals surface area contributed by atoms with Crippen LogP contribution in [0, 0.1) is 0 Å². The lowest BCUT2D eigenvalue weighted by molar-refractivity contribution is 0.139. The second kappa shape index (κ2) is 6.00. The monoisotopic (exact) mass is 251 g/mol. The average molecular weight is 251 g/mol. The van der Waals surface area contributed by atoms with E-state index in [0.29, 0.717) is 17.8 Å². The van der Waals surface area contributed by atoms with Crippen molar-refractivity contribution < 1.29 is 9.47 Å². The van der Waals surface area contributed by atoms with Crippen LogP contribution in [0.5, 0.6) is 11.8 Å². The molecule has 2 N–H and O–H groups in total. The molecular formula is C13H21N3O2. The van der Waals surface area contributed by atoms with E-state index in [1.807, 2.05) is 13.8 Å². The van der Waals surface area contributed by atoms with Crippen LogP contribution in [0.1, 0.15) is 39.5 Å². The summed E-state index contributed by atoms with van der Waals surface area (Å²) in [5.74, 6) is 1.14. The van der Waals surface area contributed by atoms with Gasteiger partial charge in [-0.15, -0.1) is 0 Å². The standard InChI is InChI=1S/C13H21N3O2/c1-9(2)17-12-7-13(16-8-15-12)18-11-5-3-10(14)4-6-11/h7-11H,3-6,14H2,1-2H3.